The van der Waals surface area contributed by atoms with Crippen LogP contribution >= 0.6 is 0 Å². The largest absolute Gasteiger partial charge is 0.467 e. The maximum Gasteiger partial charge on any atom is 0.408 e. The lowest BCUT2D eigenvalue weighted by Crippen LogP contribution is -2.56. The number of alkyl carbamates (subject to hydrolysis) is 1. The van der Waals surface area contributed by atoms with Crippen LogP contribution < -0.4 is 10.6 Å². The first kappa shape index (κ1) is 23.4. The number of Topliss-reactive ketones (excluding diaryl/α,β-unsaturated/α-hetero) is 1. The molecule has 1 aliphatic rings. The number of amides is 2. The molecule has 3 atom stereocenters. The zero-order valence-electron chi connectivity index (χ0n) is 17.7. The lowest BCUT2D eigenvalue weighted by Gasteiger charge is -2.30. The topological polar surface area (TPSA) is 111 Å². The quantitative estimate of drug-likeness (QED) is 0.627. The number of carbonyl (C=O) groups excluding carboxylic acids is 4. The smallest absolute Gasteiger partial charge is 0.408 e. The lowest BCUT2D eigenvalue weighted by atomic mass is 9.83. The molecule has 2 N–H and O–H groups in total. The van der Waals surface area contributed by atoms with Crippen molar-refractivity contribution in [3.05, 3.63) is 35.9 Å². The van der Waals surface area contributed by atoms with Crippen molar-refractivity contribution in [1.82, 2.24) is 10.6 Å². The number of ketones is 1. The number of carbonyl (C=O) groups is 4. The van der Waals surface area contributed by atoms with Crippen LogP contribution in [0.15, 0.2) is 30.3 Å². The fourth-order valence-corrected chi connectivity index (χ4v) is 3.51. The summed E-state index contributed by atoms with van der Waals surface area (Å²) >= 11 is 0. The molecule has 1 aromatic rings. The minimum Gasteiger partial charge on any atom is -0.467 e. The van der Waals surface area contributed by atoms with Gasteiger partial charge in [0, 0.05) is 12.8 Å². The van der Waals surface area contributed by atoms with E-state index in [0.717, 1.165) is 5.56 Å². The van der Waals surface area contributed by atoms with Gasteiger partial charge < -0.3 is 20.1 Å². The van der Waals surface area contributed by atoms with E-state index in [9.17, 15) is 19.2 Å². The van der Waals surface area contributed by atoms with Crippen LogP contribution in [0.25, 0.3) is 0 Å². The van der Waals surface area contributed by atoms with Crippen LogP contribution in [0.3, 0.4) is 0 Å². The fraction of sp³-hybridized carbons (Fsp3) is 0.545. The van der Waals surface area contributed by atoms with Gasteiger partial charge in [0.2, 0.25) is 5.91 Å². The van der Waals surface area contributed by atoms with Crippen molar-refractivity contribution in [1.29, 1.82) is 0 Å². The molecule has 0 unspecified atom stereocenters. The van der Waals surface area contributed by atoms with E-state index in [1.165, 1.54) is 7.11 Å². The third-order valence-corrected chi connectivity index (χ3v) is 5.18. The Balaban J connectivity index is 2.00. The molecule has 0 heterocycles. The highest BCUT2D eigenvalue weighted by Gasteiger charge is 2.36. The van der Waals surface area contributed by atoms with E-state index >= 15 is 0 Å². The Morgan fingerprint density at radius 1 is 1.13 bits per heavy atom. The average molecular weight is 418 g/mol. The second-order valence-electron chi connectivity index (χ2n) is 7.83. The molecular weight excluding hydrogens is 388 g/mol. The van der Waals surface area contributed by atoms with Crippen LogP contribution in [0, 0.1) is 11.8 Å². The van der Waals surface area contributed by atoms with Crippen molar-refractivity contribution in [2.75, 3.05) is 7.11 Å². The van der Waals surface area contributed by atoms with Gasteiger partial charge in [-0.3, -0.25) is 9.59 Å². The van der Waals surface area contributed by atoms with Crippen LogP contribution in [-0.2, 0) is 30.5 Å². The monoisotopic (exact) mass is 418 g/mol. The summed E-state index contributed by atoms with van der Waals surface area (Å²) in [5, 5.41) is 5.25. The Hall–Kier alpha value is -2.90. The van der Waals surface area contributed by atoms with E-state index in [4.69, 9.17) is 9.47 Å². The van der Waals surface area contributed by atoms with E-state index in [1.807, 2.05) is 30.3 Å². The molecule has 1 aromatic carbocycles. The Morgan fingerprint density at radius 3 is 2.43 bits per heavy atom. The van der Waals surface area contributed by atoms with Gasteiger partial charge in [-0.25, -0.2) is 9.59 Å². The molecule has 0 bridgehead atoms. The van der Waals surface area contributed by atoms with E-state index in [0.29, 0.717) is 19.3 Å². The second-order valence-corrected chi connectivity index (χ2v) is 7.83. The van der Waals surface area contributed by atoms with E-state index in [2.05, 4.69) is 10.6 Å². The van der Waals surface area contributed by atoms with Crippen LogP contribution in [0.4, 0.5) is 4.79 Å². The molecule has 0 saturated heterocycles. The molecule has 1 saturated carbocycles. The van der Waals surface area contributed by atoms with Gasteiger partial charge in [0.05, 0.1) is 7.11 Å². The first-order valence-corrected chi connectivity index (χ1v) is 10.2. The molecule has 0 aliphatic heterocycles. The lowest BCUT2D eigenvalue weighted by molar-refractivity contribution is -0.147. The first-order valence-electron chi connectivity index (χ1n) is 10.2. The predicted octanol–water partition coefficient (Wildman–Crippen LogP) is 2.35. The average Bonchev–Trinajstić information content (AvgIpc) is 2.74. The van der Waals surface area contributed by atoms with Crippen molar-refractivity contribution < 1.29 is 28.7 Å². The van der Waals surface area contributed by atoms with Gasteiger partial charge in [0.15, 0.2) is 0 Å². The zero-order valence-corrected chi connectivity index (χ0v) is 17.7. The summed E-state index contributed by atoms with van der Waals surface area (Å²) in [4.78, 5) is 49.2. The summed E-state index contributed by atoms with van der Waals surface area (Å²) in [6, 6.07) is 7.35. The molecule has 0 aromatic heterocycles. The highest BCUT2D eigenvalue weighted by atomic mass is 16.5. The normalized spacial score (nSPS) is 18.3. The Morgan fingerprint density at radius 2 is 1.83 bits per heavy atom. The standard InChI is InChI=1S/C22H30N2O6/c1-14(2)18(24-22(28)30-13-15-8-5-4-6-9-15)20(26)23-19(21(27)29-3)16-10-7-11-17(25)12-16/h4-6,8-9,14,16,18-19H,7,10-13H2,1-3H3,(H,23,26)(H,24,28)/t16-,18-,19+/m0/s1. The number of esters is 1. The number of hydrogen-bond acceptors (Lipinski definition) is 6. The molecule has 8 heteroatoms. The van der Waals surface area contributed by atoms with Crippen molar-refractivity contribution >= 4 is 23.8 Å². The van der Waals surface area contributed by atoms with Crippen LogP contribution in [-0.4, -0.2) is 42.9 Å². The summed E-state index contributed by atoms with van der Waals surface area (Å²) < 4.78 is 10.0. The molecule has 1 aliphatic carbocycles. The van der Waals surface area contributed by atoms with Gasteiger partial charge >= 0.3 is 12.1 Å². The van der Waals surface area contributed by atoms with E-state index in [1.54, 1.807) is 13.8 Å². The molecule has 0 spiro atoms. The minimum atomic E-state index is -0.935. The first-order chi connectivity index (χ1) is 14.3. The number of ether oxygens (including phenoxy) is 2. The highest BCUT2D eigenvalue weighted by Crippen LogP contribution is 2.25. The van der Waals surface area contributed by atoms with Crippen LogP contribution in [0.5, 0.6) is 0 Å². The van der Waals surface area contributed by atoms with Gasteiger partial charge in [-0.15, -0.1) is 0 Å². The van der Waals surface area contributed by atoms with Crippen molar-refractivity contribution in [2.45, 2.75) is 58.2 Å². The van der Waals surface area contributed by atoms with Crippen LogP contribution in [0.1, 0.15) is 45.1 Å². The number of rotatable bonds is 8. The third kappa shape index (κ3) is 6.86. The summed E-state index contributed by atoms with van der Waals surface area (Å²) in [7, 11) is 1.24. The maximum absolute atomic E-state index is 12.9. The number of nitrogens with one attached hydrogen (secondary N) is 2. The van der Waals surface area contributed by atoms with Crippen molar-refractivity contribution in [3.8, 4) is 0 Å². The molecule has 8 nitrogen and oxygen atoms in total. The molecule has 2 rings (SSSR count). The van der Waals surface area contributed by atoms with Crippen molar-refractivity contribution in [2.24, 2.45) is 11.8 Å². The summed E-state index contributed by atoms with van der Waals surface area (Å²) in [6.07, 6.45) is 1.30. The minimum absolute atomic E-state index is 0.0671. The highest BCUT2D eigenvalue weighted by molar-refractivity contribution is 5.90. The van der Waals surface area contributed by atoms with Crippen molar-refractivity contribution in [3.63, 3.8) is 0 Å². The third-order valence-electron chi connectivity index (χ3n) is 5.18. The van der Waals surface area contributed by atoms with Gasteiger partial charge in [-0.1, -0.05) is 44.2 Å². The maximum atomic E-state index is 12.9. The molecule has 164 valence electrons. The molecule has 1 fully saturated rings. The van der Waals surface area contributed by atoms with Crippen LogP contribution in [0.2, 0.25) is 0 Å². The van der Waals surface area contributed by atoms with E-state index in [-0.39, 0.29) is 30.6 Å². The Kier molecular flexibility index (Phi) is 8.83. The number of methoxy groups -OCH3 is 1. The molecule has 2 amide bonds. The Bertz CT molecular complexity index is 749. The SMILES string of the molecule is COC(=O)[C@H](NC(=O)[C@@H](NC(=O)OCc1ccccc1)C(C)C)[C@H]1CCCC(=O)C1. The summed E-state index contributed by atoms with van der Waals surface area (Å²) in [6.45, 7) is 3.63. The van der Waals surface area contributed by atoms with Gasteiger partial charge in [-0.2, -0.15) is 0 Å². The summed E-state index contributed by atoms with van der Waals surface area (Å²) in [5.41, 5.74) is 0.825. The summed E-state index contributed by atoms with van der Waals surface area (Å²) in [5.74, 6) is -1.62. The molecular formula is C22H30N2O6. The van der Waals surface area contributed by atoms with Gasteiger partial charge in [0.1, 0.15) is 24.5 Å². The fourth-order valence-electron chi connectivity index (χ4n) is 3.51. The van der Waals surface area contributed by atoms with E-state index < -0.39 is 30.1 Å². The predicted molar refractivity (Wildman–Crippen MR) is 109 cm³/mol. The Labute approximate surface area is 176 Å². The second kappa shape index (κ2) is 11.3. The molecule has 0 radical (unpaired) electrons. The number of hydrogen-bond donors (Lipinski definition) is 2. The van der Waals surface area contributed by atoms with Gasteiger partial charge in [0.25, 0.3) is 0 Å². The zero-order chi connectivity index (χ0) is 22.1. The molecule has 30 heavy (non-hydrogen) atoms. The van der Waals surface area contributed by atoms with Gasteiger partial charge in [-0.05, 0) is 30.2 Å². The number of benzene rings is 1.